The Balaban J connectivity index is 0.00000240. The molecule has 0 aliphatic carbocycles. The van der Waals surface area contributed by atoms with Crippen LogP contribution < -0.4 is 5.32 Å². The summed E-state index contributed by atoms with van der Waals surface area (Å²) in [6, 6.07) is 23.4. The van der Waals surface area contributed by atoms with Crippen molar-refractivity contribution in [3.05, 3.63) is 82.9 Å². The van der Waals surface area contributed by atoms with Crippen molar-refractivity contribution in [2.24, 2.45) is 5.92 Å². The van der Waals surface area contributed by atoms with E-state index in [1.165, 1.54) is 34.7 Å². The molecule has 3 aromatic rings. The van der Waals surface area contributed by atoms with Gasteiger partial charge in [0.25, 0.3) is 0 Å². The van der Waals surface area contributed by atoms with Crippen LogP contribution >= 0.6 is 24.0 Å². The van der Waals surface area contributed by atoms with Crippen LogP contribution in [0.2, 0.25) is 5.02 Å². The first-order chi connectivity index (χ1) is 13.7. The zero-order chi connectivity index (χ0) is 19.3. The lowest BCUT2D eigenvalue weighted by Gasteiger charge is -2.39. The Hall–Kier alpha value is -1.58. The predicted octanol–water partition coefficient (Wildman–Crippen LogP) is 6.60. The first-order valence-corrected chi connectivity index (χ1v) is 10.7. The van der Waals surface area contributed by atoms with E-state index < -0.39 is 0 Å². The molecule has 154 valence electrons. The second kappa shape index (κ2) is 10.4. The molecule has 1 saturated heterocycles. The quantitative estimate of drug-likeness (QED) is 0.476. The molecule has 0 saturated carbocycles. The maximum absolute atomic E-state index is 6.50. The first-order valence-electron chi connectivity index (χ1n) is 10.3. The maximum Gasteiger partial charge on any atom is 0.0775 e. The SMILES string of the molecule is CCCC1CNCC(OCc2ccc3ccccc3c2)C1c1ccc(Cl)cc1.Cl. The number of nitrogens with one attached hydrogen (secondary N) is 1. The Kier molecular flexibility index (Phi) is 7.97. The van der Waals surface area contributed by atoms with Crippen molar-refractivity contribution >= 4 is 34.8 Å². The number of hydrogen-bond acceptors (Lipinski definition) is 2. The van der Waals surface area contributed by atoms with E-state index in [1.54, 1.807) is 0 Å². The van der Waals surface area contributed by atoms with Gasteiger partial charge in [0.2, 0.25) is 0 Å². The normalized spacial score (nSPS) is 21.7. The van der Waals surface area contributed by atoms with Gasteiger partial charge < -0.3 is 10.1 Å². The summed E-state index contributed by atoms with van der Waals surface area (Å²) in [5.41, 5.74) is 2.57. The summed E-state index contributed by atoms with van der Waals surface area (Å²) >= 11 is 6.13. The molecular weight excluding hydrogens is 401 g/mol. The smallest absolute Gasteiger partial charge is 0.0775 e. The topological polar surface area (TPSA) is 21.3 Å². The van der Waals surface area contributed by atoms with Gasteiger partial charge in [0.15, 0.2) is 0 Å². The average Bonchev–Trinajstić information content (AvgIpc) is 2.73. The van der Waals surface area contributed by atoms with Crippen LogP contribution in [0.25, 0.3) is 10.8 Å². The van der Waals surface area contributed by atoms with Gasteiger partial charge in [-0.1, -0.05) is 73.5 Å². The van der Waals surface area contributed by atoms with E-state index in [4.69, 9.17) is 16.3 Å². The second-order valence-corrected chi connectivity index (χ2v) is 8.25. The number of fused-ring (bicyclic) bond motifs is 1. The summed E-state index contributed by atoms with van der Waals surface area (Å²) in [5.74, 6) is 0.987. The summed E-state index contributed by atoms with van der Waals surface area (Å²) in [4.78, 5) is 0. The zero-order valence-electron chi connectivity index (χ0n) is 16.8. The summed E-state index contributed by atoms with van der Waals surface area (Å²) in [6.07, 6.45) is 2.56. The van der Waals surface area contributed by atoms with E-state index in [2.05, 4.69) is 66.8 Å². The first kappa shape index (κ1) is 22.1. The van der Waals surface area contributed by atoms with Gasteiger partial charge in [-0.05, 0) is 59.0 Å². The highest BCUT2D eigenvalue weighted by atomic mass is 35.5. The molecule has 3 atom stereocenters. The highest BCUT2D eigenvalue weighted by molar-refractivity contribution is 6.30. The van der Waals surface area contributed by atoms with Crippen molar-refractivity contribution in [3.8, 4) is 0 Å². The molecule has 29 heavy (non-hydrogen) atoms. The molecule has 4 heteroatoms. The van der Waals surface area contributed by atoms with Crippen molar-refractivity contribution in [1.82, 2.24) is 5.32 Å². The molecule has 3 aromatic carbocycles. The fraction of sp³-hybridized carbons (Fsp3) is 0.360. The highest BCUT2D eigenvalue weighted by Crippen LogP contribution is 2.36. The minimum Gasteiger partial charge on any atom is -0.372 e. The predicted molar refractivity (Wildman–Crippen MR) is 125 cm³/mol. The summed E-state index contributed by atoms with van der Waals surface area (Å²) < 4.78 is 6.50. The lowest BCUT2D eigenvalue weighted by atomic mass is 9.77. The van der Waals surface area contributed by atoms with Gasteiger partial charge in [0, 0.05) is 17.5 Å². The van der Waals surface area contributed by atoms with E-state index in [0.717, 1.165) is 18.1 Å². The largest absolute Gasteiger partial charge is 0.372 e. The fourth-order valence-electron chi connectivity index (χ4n) is 4.49. The van der Waals surface area contributed by atoms with Crippen LogP contribution in [0.1, 0.15) is 36.8 Å². The summed E-state index contributed by atoms with van der Waals surface area (Å²) in [7, 11) is 0. The number of rotatable bonds is 6. The molecule has 0 spiro atoms. The van der Waals surface area contributed by atoms with Crippen LogP contribution in [0.3, 0.4) is 0 Å². The van der Waals surface area contributed by atoms with Gasteiger partial charge in [-0.15, -0.1) is 12.4 Å². The van der Waals surface area contributed by atoms with Crippen LogP contribution in [0, 0.1) is 5.92 Å². The van der Waals surface area contributed by atoms with Crippen LogP contribution in [0.4, 0.5) is 0 Å². The van der Waals surface area contributed by atoms with Crippen LogP contribution in [0.5, 0.6) is 0 Å². The van der Waals surface area contributed by atoms with Crippen LogP contribution in [0.15, 0.2) is 66.7 Å². The van der Waals surface area contributed by atoms with Gasteiger partial charge in [-0.2, -0.15) is 0 Å². The molecule has 1 fully saturated rings. The Morgan fingerprint density at radius 2 is 1.72 bits per heavy atom. The third-order valence-corrected chi connectivity index (χ3v) is 6.10. The molecule has 3 unspecified atom stereocenters. The standard InChI is InChI=1S/C25H28ClNO.ClH/c1-2-5-22-15-27-16-24(25(22)20-10-12-23(26)13-11-20)28-17-18-8-9-19-6-3-4-7-21(19)14-18;/h3-4,6-14,22,24-25,27H,2,5,15-17H2,1H3;1H. The third-order valence-electron chi connectivity index (χ3n) is 5.85. The molecule has 2 nitrogen and oxygen atoms in total. The Bertz CT molecular complexity index is 910. The Morgan fingerprint density at radius 1 is 0.966 bits per heavy atom. The lowest BCUT2D eigenvalue weighted by Crippen LogP contribution is -2.46. The fourth-order valence-corrected chi connectivity index (χ4v) is 4.61. The molecule has 0 aromatic heterocycles. The molecule has 0 amide bonds. The summed E-state index contributed by atoms with van der Waals surface area (Å²) in [6.45, 7) is 4.84. The molecular formula is C25H29Cl2NO. The Labute approximate surface area is 185 Å². The van der Waals surface area contributed by atoms with E-state index in [1.807, 2.05) is 12.1 Å². The van der Waals surface area contributed by atoms with Crippen LogP contribution in [-0.4, -0.2) is 19.2 Å². The number of benzene rings is 3. The van der Waals surface area contributed by atoms with E-state index in [-0.39, 0.29) is 18.5 Å². The Morgan fingerprint density at radius 3 is 2.48 bits per heavy atom. The molecule has 0 radical (unpaired) electrons. The molecule has 1 heterocycles. The minimum absolute atomic E-state index is 0. The zero-order valence-corrected chi connectivity index (χ0v) is 18.4. The van der Waals surface area contributed by atoms with Crippen molar-refractivity contribution in [3.63, 3.8) is 0 Å². The third kappa shape index (κ3) is 5.32. The molecule has 1 aliphatic rings. The lowest BCUT2D eigenvalue weighted by molar-refractivity contribution is -0.00733. The van der Waals surface area contributed by atoms with E-state index in [0.29, 0.717) is 18.4 Å². The van der Waals surface area contributed by atoms with Crippen molar-refractivity contribution < 1.29 is 4.74 Å². The van der Waals surface area contributed by atoms with Crippen molar-refractivity contribution in [2.75, 3.05) is 13.1 Å². The van der Waals surface area contributed by atoms with Crippen LogP contribution in [-0.2, 0) is 11.3 Å². The second-order valence-electron chi connectivity index (χ2n) is 7.82. The van der Waals surface area contributed by atoms with Crippen molar-refractivity contribution in [1.29, 1.82) is 0 Å². The number of halogens is 2. The highest BCUT2D eigenvalue weighted by Gasteiger charge is 2.34. The van der Waals surface area contributed by atoms with E-state index in [9.17, 15) is 0 Å². The van der Waals surface area contributed by atoms with E-state index >= 15 is 0 Å². The number of ether oxygens (including phenoxy) is 1. The average molecular weight is 430 g/mol. The monoisotopic (exact) mass is 429 g/mol. The number of piperidine rings is 1. The van der Waals surface area contributed by atoms with Gasteiger partial charge in [0.1, 0.15) is 0 Å². The number of hydrogen-bond donors (Lipinski definition) is 1. The van der Waals surface area contributed by atoms with Gasteiger partial charge in [-0.3, -0.25) is 0 Å². The molecule has 4 rings (SSSR count). The van der Waals surface area contributed by atoms with Gasteiger partial charge >= 0.3 is 0 Å². The maximum atomic E-state index is 6.50. The van der Waals surface area contributed by atoms with Gasteiger partial charge in [-0.25, -0.2) is 0 Å². The molecule has 1 N–H and O–H groups in total. The molecule has 1 aliphatic heterocycles. The van der Waals surface area contributed by atoms with Crippen molar-refractivity contribution in [2.45, 2.75) is 38.4 Å². The summed E-state index contributed by atoms with van der Waals surface area (Å²) in [5, 5.41) is 6.92. The minimum atomic E-state index is 0. The van der Waals surface area contributed by atoms with Gasteiger partial charge in [0.05, 0.1) is 12.7 Å². The molecule has 0 bridgehead atoms.